The lowest BCUT2D eigenvalue weighted by atomic mass is 9.79. The van der Waals surface area contributed by atoms with Crippen molar-refractivity contribution in [3.63, 3.8) is 0 Å². The molecule has 0 saturated heterocycles. The molecule has 2 aromatic heterocycles. The van der Waals surface area contributed by atoms with Crippen molar-refractivity contribution < 1.29 is 0 Å². The minimum atomic E-state index is 0.469. The number of pyridine rings is 1. The lowest BCUT2D eigenvalue weighted by Gasteiger charge is -2.25. The summed E-state index contributed by atoms with van der Waals surface area (Å²) in [5.41, 5.74) is 7.05. The molecule has 6 rings (SSSR count). The summed E-state index contributed by atoms with van der Waals surface area (Å²) in [6.07, 6.45) is 16.5. The summed E-state index contributed by atoms with van der Waals surface area (Å²) in [5, 5.41) is 5.73. The molecular weight excluding hydrogens is 424 g/mol. The molecule has 35 heavy (non-hydrogen) atoms. The lowest BCUT2D eigenvalue weighted by Crippen LogP contribution is -2.24. The Bertz CT molecular complexity index is 1480. The second kappa shape index (κ2) is 10.5. The lowest BCUT2D eigenvalue weighted by molar-refractivity contribution is 0.646. The smallest absolute Gasteiger partial charge is 0.0401 e. The van der Waals surface area contributed by atoms with Crippen molar-refractivity contribution in [1.29, 1.82) is 0 Å². The quantitative estimate of drug-likeness (QED) is 0.390. The third-order valence-corrected chi connectivity index (χ3v) is 7.44. The van der Waals surface area contributed by atoms with Gasteiger partial charge in [-0.2, -0.15) is 0 Å². The van der Waals surface area contributed by atoms with E-state index in [1.807, 2.05) is 24.5 Å². The number of aromatic nitrogens is 2. The van der Waals surface area contributed by atoms with Crippen LogP contribution < -0.4 is 10.4 Å². The summed E-state index contributed by atoms with van der Waals surface area (Å²) in [4.78, 5) is 7.48. The zero-order chi connectivity index (χ0) is 24.2. The van der Waals surface area contributed by atoms with Crippen molar-refractivity contribution in [2.75, 3.05) is 0 Å². The average Bonchev–Trinajstić information content (AvgIpc) is 3.47. The van der Waals surface area contributed by atoms with Gasteiger partial charge in [0, 0.05) is 30.2 Å². The Morgan fingerprint density at radius 3 is 2.49 bits per heavy atom. The van der Waals surface area contributed by atoms with E-state index in [4.69, 9.17) is 0 Å². The number of aromatic amines is 1. The molecule has 2 heterocycles. The standard InChI is InChI=1S/C29H31N.C4H5N/c1-4-25-11-8-21(18-30-25)7-9-23-17-24-16-20(3)5-12-26(24)28-14-10-22-15-19(2)6-13-27(22)29(23)28;1-2-4-5-3-1/h5,8,10-12,14-19,23H,4,6-7,9,13H2,1-3H3;1-5H. The Kier molecular flexibility index (Phi) is 6.99. The molecule has 0 aliphatic heterocycles. The van der Waals surface area contributed by atoms with E-state index in [0.717, 1.165) is 19.3 Å². The number of fused-ring (bicyclic) bond motifs is 4. The molecule has 1 N–H and O–H groups in total. The van der Waals surface area contributed by atoms with Crippen LogP contribution in [0.5, 0.6) is 0 Å². The van der Waals surface area contributed by atoms with Gasteiger partial charge in [-0.1, -0.05) is 68.0 Å². The maximum absolute atomic E-state index is 4.62. The SMILES string of the molecule is CCc1ccc(CCC2C=c3cc(C)ccc3=c3ccc4c(c32)CCC(C)C=4)cn1.c1cc[nH]c1. The number of H-pyrrole nitrogens is 1. The van der Waals surface area contributed by atoms with Crippen LogP contribution in [0, 0.1) is 23.3 Å². The highest BCUT2D eigenvalue weighted by Gasteiger charge is 2.21. The van der Waals surface area contributed by atoms with Crippen molar-refractivity contribution in [3.8, 4) is 0 Å². The van der Waals surface area contributed by atoms with Gasteiger partial charge in [0.2, 0.25) is 0 Å². The zero-order valence-electron chi connectivity index (χ0n) is 21.2. The van der Waals surface area contributed by atoms with Crippen molar-refractivity contribution in [1.82, 2.24) is 9.97 Å². The maximum Gasteiger partial charge on any atom is 0.0401 e. The molecule has 2 atom stereocenters. The molecule has 0 spiro atoms. The Morgan fingerprint density at radius 1 is 0.943 bits per heavy atom. The van der Waals surface area contributed by atoms with E-state index < -0.39 is 0 Å². The van der Waals surface area contributed by atoms with Gasteiger partial charge in [-0.15, -0.1) is 0 Å². The number of hydrogen-bond acceptors (Lipinski definition) is 1. The summed E-state index contributed by atoms with van der Waals surface area (Å²) in [5.74, 6) is 1.15. The predicted octanol–water partition coefficient (Wildman–Crippen LogP) is 6.13. The second-order valence-corrected chi connectivity index (χ2v) is 10.1. The molecule has 2 nitrogen and oxygen atoms in total. The van der Waals surface area contributed by atoms with E-state index in [-0.39, 0.29) is 0 Å². The van der Waals surface area contributed by atoms with E-state index in [0.29, 0.717) is 11.8 Å². The van der Waals surface area contributed by atoms with E-state index >= 15 is 0 Å². The Balaban J connectivity index is 0.000000453. The molecule has 2 aromatic carbocycles. The third-order valence-electron chi connectivity index (χ3n) is 7.44. The van der Waals surface area contributed by atoms with Crippen LogP contribution in [0.1, 0.15) is 60.6 Å². The number of nitrogens with zero attached hydrogens (tertiary/aromatic N) is 1. The highest BCUT2D eigenvalue weighted by molar-refractivity contribution is 5.52. The third kappa shape index (κ3) is 5.17. The molecular formula is C33H36N2. The fraction of sp³-hybridized carbons (Fsp3) is 0.303. The van der Waals surface area contributed by atoms with Crippen LogP contribution in [-0.4, -0.2) is 9.97 Å². The van der Waals surface area contributed by atoms with Crippen molar-refractivity contribution >= 4 is 12.2 Å². The minimum Gasteiger partial charge on any atom is -0.368 e. The summed E-state index contributed by atoms with van der Waals surface area (Å²) in [7, 11) is 0. The van der Waals surface area contributed by atoms with Gasteiger partial charge in [0.1, 0.15) is 0 Å². The van der Waals surface area contributed by atoms with Gasteiger partial charge >= 0.3 is 0 Å². The van der Waals surface area contributed by atoms with Crippen LogP contribution in [0.15, 0.2) is 73.2 Å². The molecule has 4 aromatic rings. The van der Waals surface area contributed by atoms with E-state index in [9.17, 15) is 0 Å². The van der Waals surface area contributed by atoms with Crippen LogP contribution in [-0.2, 0) is 19.3 Å². The van der Waals surface area contributed by atoms with Crippen LogP contribution in [0.2, 0.25) is 0 Å². The Hall–Kier alpha value is -3.39. The molecule has 178 valence electrons. The fourth-order valence-corrected chi connectivity index (χ4v) is 5.54. The summed E-state index contributed by atoms with van der Waals surface area (Å²) < 4.78 is 0. The number of rotatable bonds is 4. The number of hydrogen-bond donors (Lipinski definition) is 1. The highest BCUT2D eigenvalue weighted by Crippen LogP contribution is 2.31. The second-order valence-electron chi connectivity index (χ2n) is 10.1. The Morgan fingerprint density at radius 2 is 1.77 bits per heavy atom. The largest absolute Gasteiger partial charge is 0.368 e. The first-order valence-corrected chi connectivity index (χ1v) is 13.1. The first-order chi connectivity index (χ1) is 17.1. The predicted molar refractivity (Wildman–Crippen MR) is 146 cm³/mol. The normalized spacial score (nSPS) is 17.6. The fourth-order valence-electron chi connectivity index (χ4n) is 5.54. The summed E-state index contributed by atoms with van der Waals surface area (Å²) >= 11 is 0. The number of nitrogens with one attached hydrogen (secondary N) is 1. The van der Waals surface area contributed by atoms with Gasteiger partial charge in [-0.05, 0) is 101 Å². The minimum absolute atomic E-state index is 0.469. The van der Waals surface area contributed by atoms with E-state index in [1.54, 1.807) is 11.1 Å². The van der Waals surface area contributed by atoms with Crippen LogP contribution in [0.4, 0.5) is 0 Å². The summed E-state index contributed by atoms with van der Waals surface area (Å²) in [6.45, 7) is 6.70. The van der Waals surface area contributed by atoms with Gasteiger partial charge in [-0.25, -0.2) is 0 Å². The van der Waals surface area contributed by atoms with E-state index in [1.165, 1.54) is 50.5 Å². The number of aryl methyl sites for hydroxylation is 3. The monoisotopic (exact) mass is 460 g/mol. The molecule has 2 aliphatic rings. The van der Waals surface area contributed by atoms with Gasteiger partial charge in [0.25, 0.3) is 0 Å². The molecule has 0 saturated carbocycles. The van der Waals surface area contributed by atoms with Crippen molar-refractivity contribution in [2.45, 2.75) is 58.8 Å². The molecule has 0 bridgehead atoms. The van der Waals surface area contributed by atoms with Gasteiger partial charge < -0.3 is 4.98 Å². The molecule has 0 amide bonds. The van der Waals surface area contributed by atoms with Crippen LogP contribution >= 0.6 is 0 Å². The van der Waals surface area contributed by atoms with Crippen LogP contribution in [0.25, 0.3) is 12.2 Å². The Labute approximate surface area is 208 Å². The highest BCUT2D eigenvalue weighted by atomic mass is 14.7. The zero-order valence-corrected chi connectivity index (χ0v) is 21.2. The first-order valence-electron chi connectivity index (χ1n) is 13.1. The average molecular weight is 461 g/mol. The van der Waals surface area contributed by atoms with E-state index in [2.05, 4.69) is 91.6 Å². The molecule has 0 radical (unpaired) electrons. The molecule has 2 aliphatic carbocycles. The van der Waals surface area contributed by atoms with Crippen LogP contribution in [0.3, 0.4) is 0 Å². The van der Waals surface area contributed by atoms with Crippen molar-refractivity contribution in [2.24, 2.45) is 5.92 Å². The van der Waals surface area contributed by atoms with Gasteiger partial charge in [-0.3, -0.25) is 4.98 Å². The number of benzene rings is 2. The topological polar surface area (TPSA) is 28.7 Å². The first kappa shape index (κ1) is 23.4. The molecule has 2 unspecified atom stereocenters. The van der Waals surface area contributed by atoms with Gasteiger partial charge in [0.15, 0.2) is 0 Å². The summed E-state index contributed by atoms with van der Waals surface area (Å²) in [6, 6.07) is 20.0. The van der Waals surface area contributed by atoms with Gasteiger partial charge in [0.05, 0.1) is 0 Å². The van der Waals surface area contributed by atoms with Crippen molar-refractivity contribution in [3.05, 3.63) is 122 Å². The molecule has 2 heteroatoms. The molecule has 0 fully saturated rings. The maximum atomic E-state index is 4.62.